The van der Waals surface area contributed by atoms with Crippen molar-refractivity contribution in [2.45, 2.75) is 6.61 Å². The smallest absolute Gasteiger partial charge is 0.234 e. The van der Waals surface area contributed by atoms with Crippen LogP contribution in [0.5, 0.6) is 5.75 Å². The summed E-state index contributed by atoms with van der Waals surface area (Å²) in [4.78, 5) is 11.2. The number of nitrogens with one attached hydrogen (secondary N) is 1. The van der Waals surface area contributed by atoms with Gasteiger partial charge in [0.15, 0.2) is 0 Å². The van der Waals surface area contributed by atoms with Gasteiger partial charge >= 0.3 is 0 Å². The second-order valence-corrected chi connectivity index (χ2v) is 4.85. The fourth-order valence-electron chi connectivity index (χ4n) is 1.63. The molecule has 1 amide bonds. The van der Waals surface area contributed by atoms with Gasteiger partial charge in [0.2, 0.25) is 5.91 Å². The van der Waals surface area contributed by atoms with Crippen LogP contribution in [0.15, 0.2) is 48.5 Å². The summed E-state index contributed by atoms with van der Waals surface area (Å²) in [6.45, 7) is 0.447. The Morgan fingerprint density at radius 1 is 1.20 bits per heavy atom. The zero-order chi connectivity index (χ0) is 14.4. The van der Waals surface area contributed by atoms with E-state index in [2.05, 4.69) is 17.9 Å². The number of halogens is 1. The minimum atomic E-state index is -0.178. The van der Waals surface area contributed by atoms with Crippen molar-refractivity contribution in [1.29, 1.82) is 0 Å². The highest BCUT2D eigenvalue weighted by Gasteiger charge is 2.05. The lowest BCUT2D eigenvalue weighted by atomic mass is 10.2. The van der Waals surface area contributed by atoms with Crippen molar-refractivity contribution in [3.05, 3.63) is 59.1 Å². The molecule has 0 aromatic heterocycles. The van der Waals surface area contributed by atoms with Gasteiger partial charge in [-0.3, -0.25) is 4.79 Å². The Morgan fingerprint density at radius 3 is 2.60 bits per heavy atom. The number of carbonyl (C=O) groups is 1. The first-order valence-electron chi connectivity index (χ1n) is 6.06. The van der Waals surface area contributed by atoms with E-state index in [1.807, 2.05) is 30.3 Å². The number of hydrogen-bond acceptors (Lipinski definition) is 3. The van der Waals surface area contributed by atoms with Gasteiger partial charge in [0.25, 0.3) is 0 Å². The monoisotopic (exact) mass is 307 g/mol. The van der Waals surface area contributed by atoms with Gasteiger partial charge in [-0.1, -0.05) is 41.9 Å². The van der Waals surface area contributed by atoms with Crippen LogP contribution < -0.4 is 10.1 Å². The molecule has 0 aliphatic rings. The van der Waals surface area contributed by atoms with E-state index in [0.29, 0.717) is 23.1 Å². The lowest BCUT2D eigenvalue weighted by molar-refractivity contribution is -0.113. The minimum Gasteiger partial charge on any atom is -0.487 e. The lowest BCUT2D eigenvalue weighted by Gasteiger charge is -2.10. The molecule has 0 radical (unpaired) electrons. The number of ether oxygens (including phenoxy) is 1. The first-order chi connectivity index (χ1) is 9.69. The number of hydrogen-bond donors (Lipinski definition) is 2. The van der Waals surface area contributed by atoms with Crippen LogP contribution in [0.4, 0.5) is 5.69 Å². The average Bonchev–Trinajstić information content (AvgIpc) is 2.47. The standard InChI is InChI=1S/C15H14ClNO2S/c16-13-8-12(17-15(18)10-20)6-7-14(13)19-9-11-4-2-1-3-5-11/h1-8,20H,9-10H2,(H,17,18). The van der Waals surface area contributed by atoms with Crippen LogP contribution >= 0.6 is 24.2 Å². The van der Waals surface area contributed by atoms with Crippen LogP contribution in [-0.2, 0) is 11.4 Å². The molecule has 2 aromatic carbocycles. The van der Waals surface area contributed by atoms with Gasteiger partial charge < -0.3 is 10.1 Å². The van der Waals surface area contributed by atoms with Gasteiger partial charge in [0.05, 0.1) is 10.8 Å². The van der Waals surface area contributed by atoms with E-state index in [1.54, 1.807) is 18.2 Å². The van der Waals surface area contributed by atoms with Gasteiger partial charge in [0.1, 0.15) is 12.4 Å². The molecule has 0 aliphatic carbocycles. The van der Waals surface area contributed by atoms with Crippen molar-refractivity contribution in [3.63, 3.8) is 0 Å². The van der Waals surface area contributed by atoms with E-state index in [9.17, 15) is 4.79 Å². The quantitative estimate of drug-likeness (QED) is 0.825. The van der Waals surface area contributed by atoms with Crippen LogP contribution in [0.2, 0.25) is 5.02 Å². The van der Waals surface area contributed by atoms with E-state index in [-0.39, 0.29) is 11.7 Å². The van der Waals surface area contributed by atoms with E-state index >= 15 is 0 Å². The number of benzene rings is 2. The molecule has 0 saturated carbocycles. The summed E-state index contributed by atoms with van der Waals surface area (Å²) in [6.07, 6.45) is 0. The third kappa shape index (κ3) is 4.18. The summed E-state index contributed by atoms with van der Waals surface area (Å²) in [5.74, 6) is 0.533. The van der Waals surface area contributed by atoms with Crippen molar-refractivity contribution in [3.8, 4) is 5.75 Å². The van der Waals surface area contributed by atoms with Crippen molar-refractivity contribution in [2.75, 3.05) is 11.1 Å². The van der Waals surface area contributed by atoms with Crippen LogP contribution in [-0.4, -0.2) is 11.7 Å². The van der Waals surface area contributed by atoms with Gasteiger partial charge in [-0.05, 0) is 23.8 Å². The fraction of sp³-hybridized carbons (Fsp3) is 0.133. The molecule has 0 bridgehead atoms. The van der Waals surface area contributed by atoms with Crippen molar-refractivity contribution in [1.82, 2.24) is 0 Å². The maximum absolute atomic E-state index is 11.2. The second kappa shape index (κ2) is 7.22. The van der Waals surface area contributed by atoms with Gasteiger partial charge in [-0.15, -0.1) is 0 Å². The maximum atomic E-state index is 11.2. The van der Waals surface area contributed by atoms with Crippen molar-refractivity contribution in [2.24, 2.45) is 0 Å². The Kier molecular flexibility index (Phi) is 5.32. The molecule has 3 nitrogen and oxygen atoms in total. The molecule has 0 saturated heterocycles. The predicted molar refractivity (Wildman–Crippen MR) is 84.7 cm³/mol. The predicted octanol–water partition coefficient (Wildman–Crippen LogP) is 3.79. The zero-order valence-corrected chi connectivity index (χ0v) is 12.3. The molecule has 0 unspecified atom stereocenters. The van der Waals surface area contributed by atoms with Crippen LogP contribution in [0.3, 0.4) is 0 Å². The molecule has 0 atom stereocenters. The second-order valence-electron chi connectivity index (χ2n) is 4.13. The Morgan fingerprint density at radius 2 is 1.95 bits per heavy atom. The lowest BCUT2D eigenvalue weighted by Crippen LogP contribution is -2.12. The molecule has 0 spiro atoms. The van der Waals surface area contributed by atoms with Crippen molar-refractivity contribution >= 4 is 35.8 Å². The molecule has 0 aliphatic heterocycles. The van der Waals surface area contributed by atoms with Gasteiger partial charge in [0, 0.05) is 5.69 Å². The molecule has 5 heteroatoms. The molecule has 2 aromatic rings. The summed E-state index contributed by atoms with van der Waals surface area (Å²) >= 11 is 10.0. The van der Waals surface area contributed by atoms with E-state index < -0.39 is 0 Å². The maximum Gasteiger partial charge on any atom is 0.234 e. The SMILES string of the molecule is O=C(CS)Nc1ccc(OCc2ccccc2)c(Cl)c1. The zero-order valence-electron chi connectivity index (χ0n) is 10.7. The highest BCUT2D eigenvalue weighted by atomic mass is 35.5. The molecular formula is C15H14ClNO2S. The van der Waals surface area contributed by atoms with E-state index in [1.165, 1.54) is 0 Å². The minimum absolute atomic E-state index is 0.129. The van der Waals surface area contributed by atoms with E-state index in [0.717, 1.165) is 5.56 Å². The molecule has 104 valence electrons. The topological polar surface area (TPSA) is 38.3 Å². The molecular weight excluding hydrogens is 294 g/mol. The molecule has 0 fully saturated rings. The third-order valence-corrected chi connectivity index (χ3v) is 3.18. The number of anilines is 1. The first-order valence-corrected chi connectivity index (χ1v) is 7.07. The Balaban J connectivity index is 2.01. The highest BCUT2D eigenvalue weighted by Crippen LogP contribution is 2.28. The summed E-state index contributed by atoms with van der Waals surface area (Å²) in [7, 11) is 0. The molecule has 0 heterocycles. The van der Waals surface area contributed by atoms with Gasteiger partial charge in [-0.25, -0.2) is 0 Å². The number of carbonyl (C=O) groups excluding carboxylic acids is 1. The normalized spacial score (nSPS) is 10.1. The van der Waals surface area contributed by atoms with Crippen molar-refractivity contribution < 1.29 is 9.53 Å². The molecule has 20 heavy (non-hydrogen) atoms. The largest absolute Gasteiger partial charge is 0.487 e. The Labute approximate surface area is 128 Å². The Bertz CT molecular complexity index is 590. The average molecular weight is 308 g/mol. The number of rotatable bonds is 5. The van der Waals surface area contributed by atoms with Gasteiger partial charge in [-0.2, -0.15) is 12.6 Å². The highest BCUT2D eigenvalue weighted by molar-refractivity contribution is 7.81. The summed E-state index contributed by atoms with van der Waals surface area (Å²) in [6, 6.07) is 15.0. The summed E-state index contributed by atoms with van der Waals surface area (Å²) in [5, 5.41) is 3.13. The van der Waals surface area contributed by atoms with E-state index in [4.69, 9.17) is 16.3 Å². The Hall–Kier alpha value is -1.65. The number of amides is 1. The van der Waals surface area contributed by atoms with Crippen LogP contribution in [0.1, 0.15) is 5.56 Å². The summed E-state index contributed by atoms with van der Waals surface area (Å²) in [5.41, 5.74) is 1.69. The fourth-order valence-corrected chi connectivity index (χ4v) is 1.95. The summed E-state index contributed by atoms with van der Waals surface area (Å²) < 4.78 is 5.65. The molecule has 2 rings (SSSR count). The molecule has 1 N–H and O–H groups in total. The van der Waals surface area contributed by atoms with Crippen LogP contribution in [0.25, 0.3) is 0 Å². The third-order valence-electron chi connectivity index (χ3n) is 2.60. The first kappa shape index (κ1) is 14.8. The number of thiol groups is 1. The van der Waals surface area contributed by atoms with Crippen LogP contribution in [0, 0.1) is 0 Å².